The Kier molecular flexibility index (Phi) is 13.3. The standard InChI is InChI=1S/C20H38O7/c1-7-19(3,13-23-5)15-26-17(21)10-9-11-25-12-18(22)27-16-20(4,8-2)14-24-6/h7-16H2,1-6H3. The van der Waals surface area contributed by atoms with E-state index >= 15 is 0 Å². The maximum atomic E-state index is 11.8. The average Bonchev–Trinajstić information content (AvgIpc) is 2.65. The highest BCUT2D eigenvalue weighted by Crippen LogP contribution is 2.22. The van der Waals surface area contributed by atoms with Crippen LogP contribution in [0.1, 0.15) is 53.4 Å². The number of rotatable bonds is 16. The van der Waals surface area contributed by atoms with Crippen molar-refractivity contribution >= 4 is 11.9 Å². The first-order valence-corrected chi connectivity index (χ1v) is 9.61. The maximum Gasteiger partial charge on any atom is 0.332 e. The Bertz CT molecular complexity index is 389. The van der Waals surface area contributed by atoms with Crippen molar-refractivity contribution in [3.63, 3.8) is 0 Å². The van der Waals surface area contributed by atoms with Gasteiger partial charge in [0, 0.05) is 38.1 Å². The monoisotopic (exact) mass is 390 g/mol. The highest BCUT2D eigenvalue weighted by atomic mass is 16.6. The van der Waals surface area contributed by atoms with E-state index in [2.05, 4.69) is 0 Å². The van der Waals surface area contributed by atoms with Crippen molar-refractivity contribution in [2.45, 2.75) is 53.4 Å². The molecule has 7 heteroatoms. The van der Waals surface area contributed by atoms with Crippen LogP contribution in [0.25, 0.3) is 0 Å². The first-order valence-electron chi connectivity index (χ1n) is 9.61. The van der Waals surface area contributed by atoms with Gasteiger partial charge in [-0.25, -0.2) is 4.79 Å². The summed E-state index contributed by atoms with van der Waals surface area (Å²) < 4.78 is 26.1. The molecular formula is C20H38O7. The third kappa shape index (κ3) is 12.0. The molecule has 0 aromatic rings. The van der Waals surface area contributed by atoms with E-state index in [1.807, 2.05) is 27.7 Å². The molecule has 27 heavy (non-hydrogen) atoms. The zero-order chi connectivity index (χ0) is 20.8. The van der Waals surface area contributed by atoms with Gasteiger partial charge in [-0.1, -0.05) is 27.7 Å². The molecule has 0 spiro atoms. The first kappa shape index (κ1) is 25.8. The average molecular weight is 391 g/mol. The summed E-state index contributed by atoms with van der Waals surface area (Å²) in [5, 5.41) is 0. The Labute approximate surface area is 164 Å². The lowest BCUT2D eigenvalue weighted by atomic mass is 9.90. The molecule has 0 saturated carbocycles. The van der Waals surface area contributed by atoms with Crippen molar-refractivity contribution in [3.8, 4) is 0 Å². The van der Waals surface area contributed by atoms with Gasteiger partial charge < -0.3 is 23.7 Å². The molecule has 0 saturated heterocycles. The van der Waals surface area contributed by atoms with Crippen LogP contribution in [0.2, 0.25) is 0 Å². The molecule has 0 aliphatic rings. The lowest BCUT2D eigenvalue weighted by molar-refractivity contribution is -0.153. The van der Waals surface area contributed by atoms with E-state index in [1.54, 1.807) is 14.2 Å². The smallest absolute Gasteiger partial charge is 0.332 e. The minimum absolute atomic E-state index is 0.121. The van der Waals surface area contributed by atoms with Crippen LogP contribution in [0.5, 0.6) is 0 Å². The van der Waals surface area contributed by atoms with Crippen molar-refractivity contribution in [1.29, 1.82) is 0 Å². The summed E-state index contributed by atoms with van der Waals surface area (Å²) in [7, 11) is 3.27. The minimum atomic E-state index is -0.411. The molecule has 0 bridgehead atoms. The third-order valence-electron chi connectivity index (χ3n) is 4.75. The van der Waals surface area contributed by atoms with E-state index in [0.717, 1.165) is 12.8 Å². The molecule has 160 valence electrons. The summed E-state index contributed by atoms with van der Waals surface area (Å²) in [6, 6.07) is 0. The van der Waals surface area contributed by atoms with Gasteiger partial charge in [0.1, 0.15) is 6.61 Å². The molecule has 0 aromatic carbocycles. The highest BCUT2D eigenvalue weighted by Gasteiger charge is 2.25. The maximum absolute atomic E-state index is 11.8. The van der Waals surface area contributed by atoms with Crippen LogP contribution < -0.4 is 0 Å². The van der Waals surface area contributed by atoms with Crippen LogP contribution in [0.3, 0.4) is 0 Å². The molecule has 0 heterocycles. The van der Waals surface area contributed by atoms with E-state index in [-0.39, 0.29) is 29.8 Å². The van der Waals surface area contributed by atoms with Gasteiger partial charge in [0.2, 0.25) is 0 Å². The SMILES string of the molecule is CCC(C)(COC)COC(=O)CCCOCC(=O)OCC(C)(CC)COC. The molecule has 7 nitrogen and oxygen atoms in total. The summed E-state index contributed by atoms with van der Waals surface area (Å²) in [5.74, 6) is -0.679. The topological polar surface area (TPSA) is 80.3 Å². The molecule has 2 unspecified atom stereocenters. The quantitative estimate of drug-likeness (QED) is 0.296. The van der Waals surface area contributed by atoms with E-state index in [1.165, 1.54) is 0 Å². The van der Waals surface area contributed by atoms with Gasteiger partial charge in [0.25, 0.3) is 0 Å². The zero-order valence-corrected chi connectivity index (χ0v) is 17.9. The number of ether oxygens (including phenoxy) is 5. The fourth-order valence-corrected chi connectivity index (χ4v) is 2.29. The van der Waals surface area contributed by atoms with Gasteiger partial charge in [-0.05, 0) is 19.3 Å². The molecular weight excluding hydrogens is 352 g/mol. The summed E-state index contributed by atoms with van der Waals surface area (Å²) >= 11 is 0. The fourth-order valence-electron chi connectivity index (χ4n) is 2.29. The zero-order valence-electron chi connectivity index (χ0n) is 17.9. The van der Waals surface area contributed by atoms with Crippen molar-refractivity contribution in [1.82, 2.24) is 0 Å². The van der Waals surface area contributed by atoms with Gasteiger partial charge in [-0.15, -0.1) is 0 Å². The predicted octanol–water partition coefficient (Wildman–Crippen LogP) is 3.00. The number of hydrogen-bond acceptors (Lipinski definition) is 7. The van der Waals surface area contributed by atoms with E-state index in [9.17, 15) is 9.59 Å². The number of hydrogen-bond donors (Lipinski definition) is 0. The van der Waals surface area contributed by atoms with Crippen molar-refractivity contribution in [3.05, 3.63) is 0 Å². The summed E-state index contributed by atoms with van der Waals surface area (Å²) in [4.78, 5) is 23.5. The Morgan fingerprint density at radius 1 is 0.778 bits per heavy atom. The number of carbonyl (C=O) groups is 2. The molecule has 2 atom stereocenters. The van der Waals surface area contributed by atoms with Crippen LogP contribution in [0.15, 0.2) is 0 Å². The molecule has 0 aromatic heterocycles. The molecule has 0 rings (SSSR count). The number of carbonyl (C=O) groups excluding carboxylic acids is 2. The van der Waals surface area contributed by atoms with E-state index in [4.69, 9.17) is 23.7 Å². The van der Waals surface area contributed by atoms with E-state index < -0.39 is 5.97 Å². The van der Waals surface area contributed by atoms with Crippen LogP contribution in [0.4, 0.5) is 0 Å². The molecule has 0 fully saturated rings. The molecule has 0 amide bonds. The van der Waals surface area contributed by atoms with Crippen molar-refractivity contribution in [2.75, 3.05) is 53.9 Å². The third-order valence-corrected chi connectivity index (χ3v) is 4.75. The number of methoxy groups -OCH3 is 2. The van der Waals surface area contributed by atoms with E-state index in [0.29, 0.717) is 39.5 Å². The summed E-state index contributed by atoms with van der Waals surface area (Å²) in [6.45, 7) is 9.98. The van der Waals surface area contributed by atoms with Crippen LogP contribution >= 0.6 is 0 Å². The van der Waals surface area contributed by atoms with Gasteiger partial charge in [0.15, 0.2) is 0 Å². The highest BCUT2D eigenvalue weighted by molar-refractivity contribution is 5.70. The van der Waals surface area contributed by atoms with Gasteiger partial charge >= 0.3 is 11.9 Å². The lowest BCUT2D eigenvalue weighted by Crippen LogP contribution is -2.30. The van der Waals surface area contributed by atoms with Crippen molar-refractivity contribution in [2.24, 2.45) is 10.8 Å². The van der Waals surface area contributed by atoms with Crippen LogP contribution in [0, 0.1) is 10.8 Å². The fraction of sp³-hybridized carbons (Fsp3) is 0.900. The normalized spacial score (nSPS) is 15.6. The first-order chi connectivity index (χ1) is 12.7. The molecule has 0 aliphatic carbocycles. The van der Waals surface area contributed by atoms with Gasteiger partial charge in [-0.3, -0.25) is 4.79 Å². The lowest BCUT2D eigenvalue weighted by Gasteiger charge is -2.26. The summed E-state index contributed by atoms with van der Waals surface area (Å²) in [5.41, 5.74) is -0.357. The van der Waals surface area contributed by atoms with Crippen molar-refractivity contribution < 1.29 is 33.3 Å². The molecule has 0 N–H and O–H groups in total. The summed E-state index contributed by atoms with van der Waals surface area (Å²) in [6.07, 6.45) is 2.46. The molecule has 0 radical (unpaired) electrons. The predicted molar refractivity (Wildman–Crippen MR) is 103 cm³/mol. The van der Waals surface area contributed by atoms with Gasteiger partial charge in [-0.2, -0.15) is 0 Å². The Morgan fingerprint density at radius 2 is 1.26 bits per heavy atom. The number of esters is 2. The van der Waals surface area contributed by atoms with Crippen LogP contribution in [-0.2, 0) is 33.3 Å². The molecule has 0 aliphatic heterocycles. The second-order valence-corrected chi connectivity index (χ2v) is 7.67. The van der Waals surface area contributed by atoms with Crippen LogP contribution in [-0.4, -0.2) is 65.8 Å². The Hall–Kier alpha value is -1.18. The largest absolute Gasteiger partial charge is 0.465 e. The second kappa shape index (κ2) is 13.9. The Balaban J connectivity index is 3.86. The Morgan fingerprint density at radius 3 is 1.70 bits per heavy atom. The minimum Gasteiger partial charge on any atom is -0.465 e. The second-order valence-electron chi connectivity index (χ2n) is 7.67. The van der Waals surface area contributed by atoms with Gasteiger partial charge in [0.05, 0.1) is 26.4 Å².